The van der Waals surface area contributed by atoms with Crippen LogP contribution >= 0.6 is 0 Å². The number of nitrogens with one attached hydrogen (secondary N) is 1. The zero-order valence-corrected chi connectivity index (χ0v) is 13.3. The summed E-state index contributed by atoms with van der Waals surface area (Å²) in [6.07, 6.45) is 1.22. The number of amides is 1. The van der Waals surface area contributed by atoms with Gasteiger partial charge in [0.25, 0.3) is 5.91 Å². The number of rotatable bonds is 8. The first-order valence-corrected chi connectivity index (χ1v) is 7.20. The molecule has 0 aliphatic heterocycles. The van der Waals surface area contributed by atoms with E-state index in [9.17, 15) is 9.59 Å². The van der Waals surface area contributed by atoms with Gasteiger partial charge < -0.3 is 14.8 Å². The highest BCUT2D eigenvalue weighted by Crippen LogP contribution is 2.22. The molecule has 1 N–H and O–H groups in total. The van der Waals surface area contributed by atoms with Crippen LogP contribution in [0.5, 0.6) is 0 Å². The van der Waals surface area contributed by atoms with Crippen LogP contribution in [0, 0.1) is 0 Å². The minimum absolute atomic E-state index is 0.208. The summed E-state index contributed by atoms with van der Waals surface area (Å²) >= 11 is 0. The van der Waals surface area contributed by atoms with Crippen molar-refractivity contribution >= 4 is 11.9 Å². The van der Waals surface area contributed by atoms with Crippen LogP contribution in [0.2, 0.25) is 0 Å². The fraction of sp³-hybridized carbons (Fsp3) is 0.412. The summed E-state index contributed by atoms with van der Waals surface area (Å²) in [7, 11) is 1.29. The van der Waals surface area contributed by atoms with E-state index in [-0.39, 0.29) is 12.3 Å². The van der Waals surface area contributed by atoms with Crippen molar-refractivity contribution in [2.24, 2.45) is 0 Å². The van der Waals surface area contributed by atoms with E-state index >= 15 is 0 Å². The summed E-state index contributed by atoms with van der Waals surface area (Å²) < 4.78 is 10.4. The molecule has 1 amide bonds. The lowest BCUT2D eigenvalue weighted by Crippen LogP contribution is -2.62. The molecular weight excluding hydrogens is 282 g/mol. The molecule has 0 saturated carbocycles. The highest BCUT2D eigenvalue weighted by Gasteiger charge is 2.46. The van der Waals surface area contributed by atoms with Gasteiger partial charge in [0.05, 0.1) is 13.2 Å². The molecule has 5 nitrogen and oxygen atoms in total. The van der Waals surface area contributed by atoms with Crippen LogP contribution in [0.15, 0.2) is 43.0 Å². The van der Waals surface area contributed by atoms with E-state index < -0.39 is 17.6 Å². The molecule has 5 heteroatoms. The fourth-order valence-electron chi connectivity index (χ4n) is 2.29. The molecule has 2 atom stereocenters. The number of methoxy groups -OCH3 is 1. The van der Waals surface area contributed by atoms with Gasteiger partial charge in [-0.15, -0.1) is 6.58 Å². The van der Waals surface area contributed by atoms with Crippen molar-refractivity contribution in [1.82, 2.24) is 5.32 Å². The van der Waals surface area contributed by atoms with E-state index in [2.05, 4.69) is 11.9 Å². The quantitative estimate of drug-likeness (QED) is 0.591. The molecule has 0 saturated heterocycles. The highest BCUT2D eigenvalue weighted by molar-refractivity contribution is 5.98. The van der Waals surface area contributed by atoms with Crippen molar-refractivity contribution in [2.45, 2.75) is 31.9 Å². The van der Waals surface area contributed by atoms with E-state index in [1.165, 1.54) is 7.11 Å². The van der Waals surface area contributed by atoms with Crippen LogP contribution in [0.3, 0.4) is 0 Å². The largest absolute Gasteiger partial charge is 0.467 e. The molecule has 120 valence electrons. The van der Waals surface area contributed by atoms with E-state index in [1.54, 1.807) is 37.3 Å². The average molecular weight is 305 g/mol. The van der Waals surface area contributed by atoms with Crippen molar-refractivity contribution in [2.75, 3.05) is 13.7 Å². The van der Waals surface area contributed by atoms with E-state index in [0.29, 0.717) is 12.2 Å². The second-order valence-electron chi connectivity index (χ2n) is 4.87. The van der Waals surface area contributed by atoms with Gasteiger partial charge in [0.1, 0.15) is 0 Å². The normalized spacial score (nSPS) is 14.5. The number of carbonyl (C=O) groups is 2. The smallest absolute Gasteiger partial charge is 0.334 e. The number of ether oxygens (including phenoxy) is 2. The average Bonchev–Trinajstić information content (AvgIpc) is 2.54. The lowest BCUT2D eigenvalue weighted by molar-refractivity contribution is -0.154. The Morgan fingerprint density at radius 2 is 2.00 bits per heavy atom. The van der Waals surface area contributed by atoms with Crippen LogP contribution in [0.1, 0.15) is 30.6 Å². The van der Waals surface area contributed by atoms with E-state index in [0.717, 1.165) is 0 Å². The van der Waals surface area contributed by atoms with Gasteiger partial charge in [-0.25, -0.2) is 4.79 Å². The SMILES string of the molecule is C=CC[C@](NC(=O)c1ccccc1)(C(=O)OC)[C@@H](C)OCC. The second-order valence-corrected chi connectivity index (χ2v) is 4.87. The molecular formula is C17H23NO4. The van der Waals surface area contributed by atoms with Crippen molar-refractivity contribution in [3.63, 3.8) is 0 Å². The van der Waals surface area contributed by atoms with E-state index in [4.69, 9.17) is 9.47 Å². The third kappa shape index (κ3) is 3.95. The number of carbonyl (C=O) groups excluding carboxylic acids is 2. The van der Waals surface area contributed by atoms with E-state index in [1.807, 2.05) is 13.0 Å². The standard InChI is InChI=1S/C17H23NO4/c1-5-12-17(16(20)21-4,13(3)22-6-2)18-15(19)14-10-8-7-9-11-14/h5,7-11,13H,1,6,12H2,2-4H3,(H,18,19)/t13-,17-/m1/s1. The molecule has 1 aromatic rings. The summed E-state index contributed by atoms with van der Waals surface area (Å²) in [5.74, 6) is -0.919. The monoisotopic (exact) mass is 305 g/mol. The number of hydrogen-bond donors (Lipinski definition) is 1. The minimum Gasteiger partial charge on any atom is -0.467 e. The maximum absolute atomic E-state index is 12.5. The topological polar surface area (TPSA) is 64.6 Å². The number of benzene rings is 1. The molecule has 22 heavy (non-hydrogen) atoms. The molecule has 0 unspecified atom stereocenters. The Kier molecular flexibility index (Phi) is 6.79. The zero-order chi connectivity index (χ0) is 16.6. The molecule has 0 aliphatic carbocycles. The predicted octanol–water partition coefficient (Wildman–Crippen LogP) is 2.33. The molecule has 0 bridgehead atoms. The lowest BCUT2D eigenvalue weighted by Gasteiger charge is -2.36. The summed E-state index contributed by atoms with van der Waals surface area (Å²) in [4.78, 5) is 24.8. The maximum atomic E-state index is 12.5. The fourth-order valence-corrected chi connectivity index (χ4v) is 2.29. The van der Waals surface area contributed by atoms with Crippen molar-refractivity contribution in [3.05, 3.63) is 48.6 Å². The molecule has 0 spiro atoms. The summed E-state index contributed by atoms with van der Waals surface area (Å²) in [6, 6.07) is 8.69. The van der Waals surface area contributed by atoms with Gasteiger partial charge >= 0.3 is 5.97 Å². The molecule has 0 aliphatic rings. The van der Waals surface area contributed by atoms with Gasteiger partial charge in [0, 0.05) is 18.6 Å². The summed E-state index contributed by atoms with van der Waals surface area (Å²) in [5, 5.41) is 2.77. The first-order chi connectivity index (χ1) is 10.5. The van der Waals surface area contributed by atoms with Crippen molar-refractivity contribution < 1.29 is 19.1 Å². The summed E-state index contributed by atoms with van der Waals surface area (Å²) in [5.41, 5.74) is -0.845. The molecule has 0 aromatic heterocycles. The second kappa shape index (κ2) is 8.34. The molecule has 0 heterocycles. The van der Waals surface area contributed by atoms with Crippen molar-refractivity contribution in [1.29, 1.82) is 0 Å². The Hall–Kier alpha value is -2.14. The van der Waals surface area contributed by atoms with Crippen molar-refractivity contribution in [3.8, 4) is 0 Å². The Balaban J connectivity index is 3.15. The first kappa shape index (κ1) is 17.9. The molecule has 1 rings (SSSR count). The third-order valence-corrected chi connectivity index (χ3v) is 3.50. The van der Waals surface area contributed by atoms with Crippen LogP contribution in [-0.4, -0.2) is 37.2 Å². The number of hydrogen-bond acceptors (Lipinski definition) is 4. The molecule has 1 aromatic carbocycles. The van der Waals surface area contributed by atoms with Gasteiger partial charge in [-0.05, 0) is 26.0 Å². The van der Waals surface area contributed by atoms with Gasteiger partial charge in [0.2, 0.25) is 0 Å². The Morgan fingerprint density at radius 1 is 1.36 bits per heavy atom. The van der Waals surface area contributed by atoms with Gasteiger partial charge in [-0.1, -0.05) is 24.3 Å². The van der Waals surface area contributed by atoms with Gasteiger partial charge in [0.15, 0.2) is 5.54 Å². The van der Waals surface area contributed by atoms with Crippen LogP contribution in [0.4, 0.5) is 0 Å². The third-order valence-electron chi connectivity index (χ3n) is 3.50. The number of esters is 1. The van der Waals surface area contributed by atoms with Crippen LogP contribution < -0.4 is 5.32 Å². The Labute approximate surface area is 131 Å². The lowest BCUT2D eigenvalue weighted by atomic mass is 9.88. The Morgan fingerprint density at radius 3 is 2.50 bits per heavy atom. The molecule has 0 fully saturated rings. The Bertz CT molecular complexity index is 515. The van der Waals surface area contributed by atoms with Gasteiger partial charge in [-0.3, -0.25) is 4.79 Å². The molecule has 0 radical (unpaired) electrons. The first-order valence-electron chi connectivity index (χ1n) is 7.20. The summed E-state index contributed by atoms with van der Waals surface area (Å²) in [6.45, 7) is 7.64. The maximum Gasteiger partial charge on any atom is 0.334 e. The highest BCUT2D eigenvalue weighted by atomic mass is 16.5. The van der Waals surface area contributed by atoms with Gasteiger partial charge in [-0.2, -0.15) is 0 Å². The minimum atomic E-state index is -1.31. The zero-order valence-electron chi connectivity index (χ0n) is 13.3. The van der Waals surface area contributed by atoms with Crippen LogP contribution in [-0.2, 0) is 14.3 Å². The van der Waals surface area contributed by atoms with Crippen LogP contribution in [0.25, 0.3) is 0 Å². The predicted molar refractivity (Wildman–Crippen MR) is 84.6 cm³/mol.